The fourth-order valence-corrected chi connectivity index (χ4v) is 12.9. The van der Waals surface area contributed by atoms with Crippen LogP contribution in [0.25, 0.3) is 0 Å². The summed E-state index contributed by atoms with van der Waals surface area (Å²) in [5.74, 6) is 2.67. The third kappa shape index (κ3) is 3.27. The first-order chi connectivity index (χ1) is 17.6. The highest BCUT2D eigenvalue weighted by atomic mass is 16.6. The largest absolute Gasteiger partial charge is 0.455 e. The van der Waals surface area contributed by atoms with Crippen molar-refractivity contribution in [3.8, 4) is 0 Å². The smallest absolute Gasteiger partial charge is 0.331 e. The molecule has 0 aromatic carbocycles. The molecule has 0 radical (unpaired) electrons. The predicted molar refractivity (Wildman–Crippen MR) is 149 cm³/mol. The first-order valence-electron chi connectivity index (χ1n) is 15.7. The van der Waals surface area contributed by atoms with Gasteiger partial charge in [-0.25, -0.2) is 9.59 Å². The minimum absolute atomic E-state index is 0.0643. The maximum Gasteiger partial charge on any atom is 0.331 e. The fraction of sp³-hybridized carbons (Fsp3) is 0.882. The molecule has 212 valence electrons. The van der Waals surface area contributed by atoms with Crippen LogP contribution in [0, 0.1) is 57.2 Å². The summed E-state index contributed by atoms with van der Waals surface area (Å²) in [6, 6.07) is 0. The molecule has 0 amide bonds. The van der Waals surface area contributed by atoms with Crippen molar-refractivity contribution in [3.05, 3.63) is 12.2 Å². The average Bonchev–Trinajstić information content (AvgIpc) is 2.77. The van der Waals surface area contributed by atoms with E-state index < -0.39 is 11.2 Å². The van der Waals surface area contributed by atoms with Gasteiger partial charge in [0, 0.05) is 23.0 Å². The molecule has 0 aromatic rings. The molecule has 8 bridgehead atoms. The van der Waals surface area contributed by atoms with Crippen LogP contribution in [0.4, 0.5) is 0 Å². The van der Waals surface area contributed by atoms with Crippen molar-refractivity contribution in [2.24, 2.45) is 57.2 Å². The van der Waals surface area contributed by atoms with Crippen LogP contribution in [0.5, 0.6) is 0 Å². The predicted octanol–water partition coefficient (Wildman–Crippen LogP) is 7.89. The summed E-state index contributed by atoms with van der Waals surface area (Å²) in [7, 11) is 0. The van der Waals surface area contributed by atoms with Crippen LogP contribution in [-0.4, -0.2) is 23.1 Å². The first kappa shape index (κ1) is 26.9. The van der Waals surface area contributed by atoms with E-state index in [2.05, 4.69) is 55.4 Å². The molecular weight excluding hydrogens is 472 g/mol. The van der Waals surface area contributed by atoms with Crippen molar-refractivity contribution in [1.82, 2.24) is 0 Å². The highest BCUT2D eigenvalue weighted by Gasteiger charge is 2.72. The van der Waals surface area contributed by atoms with Crippen molar-refractivity contribution >= 4 is 11.9 Å². The van der Waals surface area contributed by atoms with Gasteiger partial charge < -0.3 is 9.47 Å². The lowest BCUT2D eigenvalue weighted by molar-refractivity contribution is -0.282. The summed E-state index contributed by atoms with van der Waals surface area (Å²) in [4.78, 5) is 26.8. The van der Waals surface area contributed by atoms with Crippen molar-refractivity contribution < 1.29 is 19.1 Å². The van der Waals surface area contributed by atoms with Gasteiger partial charge in [-0.15, -0.1) is 0 Å². The number of hydrogen-bond acceptors (Lipinski definition) is 4. The Labute approximate surface area is 231 Å². The molecule has 0 spiro atoms. The normalized spacial score (nSPS) is 52.4. The van der Waals surface area contributed by atoms with E-state index in [1.54, 1.807) is 0 Å². The third-order valence-electron chi connectivity index (χ3n) is 14.4. The second-order valence-corrected chi connectivity index (χ2v) is 16.6. The molecule has 4 heteroatoms. The van der Waals surface area contributed by atoms with E-state index >= 15 is 0 Å². The van der Waals surface area contributed by atoms with Crippen LogP contribution in [0.3, 0.4) is 0 Å². The maximum atomic E-state index is 13.4. The van der Waals surface area contributed by atoms with E-state index in [0.717, 1.165) is 25.7 Å². The quantitative estimate of drug-likeness (QED) is 0.262. The van der Waals surface area contributed by atoms with Crippen LogP contribution in [-0.2, 0) is 19.1 Å². The number of rotatable bonds is 6. The van der Waals surface area contributed by atoms with Gasteiger partial charge in [-0.2, -0.15) is 0 Å². The molecule has 4 nitrogen and oxygen atoms in total. The minimum Gasteiger partial charge on any atom is -0.455 e. The maximum absolute atomic E-state index is 13.4. The molecule has 0 aliphatic heterocycles. The molecule has 0 aromatic heterocycles. The van der Waals surface area contributed by atoms with Crippen molar-refractivity contribution in [1.29, 1.82) is 0 Å². The van der Waals surface area contributed by atoms with Gasteiger partial charge in [-0.05, 0) is 111 Å². The third-order valence-corrected chi connectivity index (χ3v) is 14.4. The zero-order chi connectivity index (χ0) is 27.5. The highest BCUT2D eigenvalue weighted by Crippen LogP contribution is 2.74. The van der Waals surface area contributed by atoms with Gasteiger partial charge in [0.05, 0.1) is 0 Å². The molecule has 8 rings (SSSR count). The van der Waals surface area contributed by atoms with E-state index in [1.165, 1.54) is 50.7 Å². The Morgan fingerprint density at radius 2 is 0.868 bits per heavy atom. The average molecular weight is 525 g/mol. The molecule has 6 unspecified atom stereocenters. The monoisotopic (exact) mass is 524 g/mol. The van der Waals surface area contributed by atoms with E-state index in [4.69, 9.17) is 9.47 Å². The molecule has 8 saturated carbocycles. The Morgan fingerprint density at radius 1 is 0.579 bits per heavy atom. The van der Waals surface area contributed by atoms with Gasteiger partial charge >= 0.3 is 11.9 Å². The summed E-state index contributed by atoms with van der Waals surface area (Å²) in [6.07, 6.45) is 14.2. The van der Waals surface area contributed by atoms with Crippen LogP contribution in [0.15, 0.2) is 12.2 Å². The minimum atomic E-state index is -0.434. The number of ether oxygens (including phenoxy) is 2. The van der Waals surface area contributed by atoms with Crippen LogP contribution >= 0.6 is 0 Å². The van der Waals surface area contributed by atoms with E-state index in [-0.39, 0.29) is 33.6 Å². The molecule has 8 aliphatic rings. The van der Waals surface area contributed by atoms with Crippen molar-refractivity contribution in [2.45, 2.75) is 131 Å². The van der Waals surface area contributed by atoms with Gasteiger partial charge in [-0.1, -0.05) is 55.4 Å². The SMILES string of the molecule is CC(C)C1(C)C2(C)CC3CC(C2)CC1(OC(=O)/C=C/C(=O)OC12CC4CC(CC(C)(C4)C1(C)C(C)C)C2)C3. The summed E-state index contributed by atoms with van der Waals surface area (Å²) in [6.45, 7) is 18.8. The topological polar surface area (TPSA) is 52.6 Å². The fourth-order valence-electron chi connectivity index (χ4n) is 12.9. The summed E-state index contributed by atoms with van der Waals surface area (Å²) in [5, 5.41) is 0. The summed E-state index contributed by atoms with van der Waals surface area (Å²) >= 11 is 0. The Bertz CT molecular complexity index is 943. The molecule has 8 fully saturated rings. The van der Waals surface area contributed by atoms with Gasteiger partial charge in [0.1, 0.15) is 11.2 Å². The van der Waals surface area contributed by atoms with Gasteiger partial charge in [0.2, 0.25) is 0 Å². The molecule has 0 N–H and O–H groups in total. The van der Waals surface area contributed by atoms with Crippen molar-refractivity contribution in [3.63, 3.8) is 0 Å². The van der Waals surface area contributed by atoms with Crippen molar-refractivity contribution in [2.75, 3.05) is 0 Å². The molecular formula is C34H52O4. The van der Waals surface area contributed by atoms with Crippen LogP contribution in [0.2, 0.25) is 0 Å². The standard InChI is InChI=1S/C34H52O4/c1-21(2)31(7)29(5)13-23-11-24(14-29)18-33(31,17-23)37-27(35)9-10-28(36)38-34-19-25-12-26(20-34)16-30(6,15-25)32(34,8)22(3)4/h9-10,21-26H,11-20H2,1-8H3/b10-9+. The van der Waals surface area contributed by atoms with E-state index in [0.29, 0.717) is 35.5 Å². The number of carbonyl (C=O) groups excluding carboxylic acids is 2. The lowest BCUT2D eigenvalue weighted by Crippen LogP contribution is -2.70. The van der Waals surface area contributed by atoms with Gasteiger partial charge in [0.15, 0.2) is 0 Å². The van der Waals surface area contributed by atoms with Gasteiger partial charge in [-0.3, -0.25) is 0 Å². The van der Waals surface area contributed by atoms with E-state index in [9.17, 15) is 9.59 Å². The number of esters is 2. The second-order valence-electron chi connectivity index (χ2n) is 16.6. The number of carbonyl (C=O) groups is 2. The van der Waals surface area contributed by atoms with E-state index in [1.807, 2.05) is 0 Å². The van der Waals surface area contributed by atoms with Crippen LogP contribution in [0.1, 0.15) is 120 Å². The lowest BCUT2D eigenvalue weighted by Gasteiger charge is -2.71. The zero-order valence-electron chi connectivity index (χ0n) is 25.3. The first-order valence-corrected chi connectivity index (χ1v) is 15.7. The molecule has 0 heterocycles. The Kier molecular flexibility index (Phi) is 5.75. The second kappa shape index (κ2) is 8.12. The lowest BCUT2D eigenvalue weighted by atomic mass is 9.35. The summed E-state index contributed by atoms with van der Waals surface area (Å²) in [5.41, 5.74) is -0.601. The Hall–Kier alpha value is -1.32. The molecule has 6 atom stereocenters. The van der Waals surface area contributed by atoms with Gasteiger partial charge in [0.25, 0.3) is 0 Å². The zero-order valence-corrected chi connectivity index (χ0v) is 25.3. The summed E-state index contributed by atoms with van der Waals surface area (Å²) < 4.78 is 13.0. The molecule has 8 aliphatic carbocycles. The molecule has 38 heavy (non-hydrogen) atoms. The Balaban J connectivity index is 1.21. The van der Waals surface area contributed by atoms with Crippen LogP contribution < -0.4 is 0 Å². The molecule has 0 saturated heterocycles. The Morgan fingerprint density at radius 3 is 1.13 bits per heavy atom. The number of hydrogen-bond donors (Lipinski definition) is 0. The highest BCUT2D eigenvalue weighted by molar-refractivity contribution is 5.92.